The zero-order valence-electron chi connectivity index (χ0n) is 8.53. The summed E-state index contributed by atoms with van der Waals surface area (Å²) in [5.41, 5.74) is 6.97. The van der Waals surface area contributed by atoms with Crippen molar-refractivity contribution in [1.82, 2.24) is 0 Å². The maximum atomic E-state index is 5.55. The van der Waals surface area contributed by atoms with Crippen molar-refractivity contribution < 1.29 is 0 Å². The van der Waals surface area contributed by atoms with Gasteiger partial charge in [0.1, 0.15) is 0 Å². The molecule has 0 radical (unpaired) electrons. The molecule has 0 bridgehead atoms. The van der Waals surface area contributed by atoms with E-state index in [0.717, 1.165) is 13.0 Å². The third kappa shape index (κ3) is 2.85. The first-order chi connectivity index (χ1) is 6.25. The monoisotopic (exact) mass is 177 g/mol. The Labute approximate surface area is 81.0 Å². The van der Waals surface area contributed by atoms with Crippen LogP contribution in [0.4, 0.5) is 0 Å². The molecule has 0 aliphatic heterocycles. The molecular formula is C12H19N. The lowest BCUT2D eigenvalue weighted by atomic mass is 9.87. The fourth-order valence-electron chi connectivity index (χ4n) is 1.60. The topological polar surface area (TPSA) is 26.0 Å². The number of hydrogen-bond donors (Lipinski definition) is 1. The molecular weight excluding hydrogens is 158 g/mol. The van der Waals surface area contributed by atoms with Crippen molar-refractivity contribution >= 4 is 0 Å². The van der Waals surface area contributed by atoms with Gasteiger partial charge in [0.05, 0.1) is 0 Å². The van der Waals surface area contributed by atoms with Crippen molar-refractivity contribution in [2.75, 3.05) is 6.54 Å². The minimum Gasteiger partial charge on any atom is -0.330 e. The van der Waals surface area contributed by atoms with Crippen molar-refractivity contribution in [2.24, 2.45) is 11.7 Å². The molecule has 1 heteroatoms. The molecule has 0 aromatic heterocycles. The predicted octanol–water partition coefficient (Wildman–Crippen LogP) is 2.78. The van der Waals surface area contributed by atoms with Crippen LogP contribution in [-0.4, -0.2) is 6.54 Å². The van der Waals surface area contributed by atoms with Crippen LogP contribution in [0.15, 0.2) is 30.3 Å². The van der Waals surface area contributed by atoms with E-state index in [2.05, 4.69) is 44.2 Å². The SMILES string of the molecule is CC(CCN)C(C)c1ccccc1. The van der Waals surface area contributed by atoms with Gasteiger partial charge in [0.15, 0.2) is 0 Å². The van der Waals surface area contributed by atoms with Crippen LogP contribution >= 0.6 is 0 Å². The van der Waals surface area contributed by atoms with Crippen LogP contribution in [0.1, 0.15) is 31.7 Å². The van der Waals surface area contributed by atoms with Crippen LogP contribution in [0.5, 0.6) is 0 Å². The van der Waals surface area contributed by atoms with E-state index in [1.807, 2.05) is 0 Å². The maximum Gasteiger partial charge on any atom is -0.00745 e. The normalized spacial score (nSPS) is 15.3. The molecule has 0 aliphatic carbocycles. The Morgan fingerprint density at radius 2 is 1.77 bits per heavy atom. The molecule has 0 amide bonds. The van der Waals surface area contributed by atoms with Gasteiger partial charge in [0.2, 0.25) is 0 Å². The molecule has 1 nitrogen and oxygen atoms in total. The largest absolute Gasteiger partial charge is 0.330 e. The van der Waals surface area contributed by atoms with Gasteiger partial charge in [-0.3, -0.25) is 0 Å². The number of rotatable bonds is 4. The first-order valence-electron chi connectivity index (χ1n) is 5.00. The van der Waals surface area contributed by atoms with Crippen molar-refractivity contribution in [3.63, 3.8) is 0 Å². The number of benzene rings is 1. The summed E-state index contributed by atoms with van der Waals surface area (Å²) >= 11 is 0. The first-order valence-corrected chi connectivity index (χ1v) is 5.00. The van der Waals surface area contributed by atoms with Crippen LogP contribution in [0.2, 0.25) is 0 Å². The third-order valence-electron chi connectivity index (χ3n) is 2.80. The fourth-order valence-corrected chi connectivity index (χ4v) is 1.60. The van der Waals surface area contributed by atoms with Crippen molar-refractivity contribution in [2.45, 2.75) is 26.2 Å². The summed E-state index contributed by atoms with van der Waals surface area (Å²) < 4.78 is 0. The molecule has 1 rings (SSSR count). The second-order valence-corrected chi connectivity index (χ2v) is 3.75. The first kappa shape index (κ1) is 10.3. The van der Waals surface area contributed by atoms with Crippen LogP contribution < -0.4 is 5.73 Å². The number of nitrogens with two attached hydrogens (primary N) is 1. The molecule has 0 saturated heterocycles. The van der Waals surface area contributed by atoms with Crippen molar-refractivity contribution in [3.05, 3.63) is 35.9 Å². The fraction of sp³-hybridized carbons (Fsp3) is 0.500. The molecule has 72 valence electrons. The zero-order valence-corrected chi connectivity index (χ0v) is 8.53. The molecule has 2 N–H and O–H groups in total. The Hall–Kier alpha value is -0.820. The molecule has 1 aromatic rings. The molecule has 0 fully saturated rings. The van der Waals surface area contributed by atoms with E-state index in [1.54, 1.807) is 0 Å². The molecule has 1 aromatic carbocycles. The predicted molar refractivity (Wildman–Crippen MR) is 57.7 cm³/mol. The van der Waals surface area contributed by atoms with Gasteiger partial charge in [-0.2, -0.15) is 0 Å². The average molecular weight is 177 g/mol. The standard InChI is InChI=1S/C12H19N/c1-10(8-9-13)11(2)12-6-4-3-5-7-12/h3-7,10-11H,8-9,13H2,1-2H3. The van der Waals surface area contributed by atoms with Crippen molar-refractivity contribution in [3.8, 4) is 0 Å². The Kier molecular flexibility index (Phi) is 3.97. The summed E-state index contributed by atoms with van der Waals surface area (Å²) in [4.78, 5) is 0. The van der Waals surface area contributed by atoms with Crippen LogP contribution in [0.25, 0.3) is 0 Å². The smallest absolute Gasteiger partial charge is 0.00745 e. The second-order valence-electron chi connectivity index (χ2n) is 3.75. The van der Waals surface area contributed by atoms with E-state index >= 15 is 0 Å². The van der Waals surface area contributed by atoms with Gasteiger partial charge in [-0.05, 0) is 30.4 Å². The lowest BCUT2D eigenvalue weighted by Crippen LogP contribution is -2.11. The van der Waals surface area contributed by atoms with Crippen LogP contribution in [-0.2, 0) is 0 Å². The van der Waals surface area contributed by atoms with Gasteiger partial charge in [-0.1, -0.05) is 44.2 Å². The summed E-state index contributed by atoms with van der Waals surface area (Å²) in [5, 5.41) is 0. The van der Waals surface area contributed by atoms with Crippen LogP contribution in [0, 0.1) is 5.92 Å². The lowest BCUT2D eigenvalue weighted by Gasteiger charge is -2.19. The molecule has 0 heterocycles. The highest BCUT2D eigenvalue weighted by molar-refractivity contribution is 5.19. The molecule has 0 spiro atoms. The molecule has 0 saturated carbocycles. The maximum absolute atomic E-state index is 5.55. The van der Waals surface area contributed by atoms with Gasteiger partial charge < -0.3 is 5.73 Å². The lowest BCUT2D eigenvalue weighted by molar-refractivity contribution is 0.459. The number of hydrogen-bond acceptors (Lipinski definition) is 1. The van der Waals surface area contributed by atoms with Gasteiger partial charge >= 0.3 is 0 Å². The third-order valence-corrected chi connectivity index (χ3v) is 2.80. The summed E-state index contributed by atoms with van der Waals surface area (Å²) in [6.45, 7) is 5.33. The van der Waals surface area contributed by atoms with E-state index in [4.69, 9.17) is 5.73 Å². The Balaban J connectivity index is 2.62. The Morgan fingerprint density at radius 3 is 2.31 bits per heavy atom. The minimum absolute atomic E-state index is 0.616. The van der Waals surface area contributed by atoms with Gasteiger partial charge in [0, 0.05) is 0 Å². The summed E-state index contributed by atoms with van der Waals surface area (Å²) in [6, 6.07) is 10.6. The molecule has 2 unspecified atom stereocenters. The van der Waals surface area contributed by atoms with Gasteiger partial charge in [-0.25, -0.2) is 0 Å². The van der Waals surface area contributed by atoms with E-state index in [0.29, 0.717) is 11.8 Å². The second kappa shape index (κ2) is 5.03. The van der Waals surface area contributed by atoms with Crippen molar-refractivity contribution in [1.29, 1.82) is 0 Å². The van der Waals surface area contributed by atoms with E-state index in [-0.39, 0.29) is 0 Å². The Morgan fingerprint density at radius 1 is 1.15 bits per heavy atom. The molecule has 2 atom stereocenters. The summed E-state index contributed by atoms with van der Waals surface area (Å²) in [7, 11) is 0. The highest BCUT2D eigenvalue weighted by Crippen LogP contribution is 2.25. The summed E-state index contributed by atoms with van der Waals surface area (Å²) in [5.74, 6) is 1.29. The highest BCUT2D eigenvalue weighted by atomic mass is 14.5. The average Bonchev–Trinajstić information content (AvgIpc) is 2.18. The van der Waals surface area contributed by atoms with Gasteiger partial charge in [0.25, 0.3) is 0 Å². The molecule has 0 aliphatic rings. The highest BCUT2D eigenvalue weighted by Gasteiger charge is 2.12. The Bertz CT molecular complexity index is 230. The van der Waals surface area contributed by atoms with E-state index < -0.39 is 0 Å². The van der Waals surface area contributed by atoms with Crippen LogP contribution in [0.3, 0.4) is 0 Å². The van der Waals surface area contributed by atoms with E-state index in [9.17, 15) is 0 Å². The molecule has 13 heavy (non-hydrogen) atoms. The quantitative estimate of drug-likeness (QED) is 0.752. The zero-order chi connectivity index (χ0) is 9.68. The van der Waals surface area contributed by atoms with Gasteiger partial charge in [-0.15, -0.1) is 0 Å². The minimum atomic E-state index is 0.616. The summed E-state index contributed by atoms with van der Waals surface area (Å²) in [6.07, 6.45) is 1.11. The van der Waals surface area contributed by atoms with E-state index in [1.165, 1.54) is 5.56 Å².